The number of aliphatic hydroxyl groups excluding tert-OH is 1. The van der Waals surface area contributed by atoms with E-state index in [1.54, 1.807) is 6.20 Å². The molecule has 1 aliphatic heterocycles. The number of hydrogen-bond acceptors (Lipinski definition) is 3. The largest absolute Gasteiger partial charge is 0.387 e. The van der Waals surface area contributed by atoms with Crippen molar-refractivity contribution in [1.82, 2.24) is 4.98 Å². The molecule has 94 valence electrons. The maximum atomic E-state index is 10.1. The molecule has 2 atom stereocenters. The predicted molar refractivity (Wildman–Crippen MR) is 73.2 cm³/mol. The van der Waals surface area contributed by atoms with Crippen molar-refractivity contribution in [2.75, 3.05) is 11.4 Å². The average Bonchev–Trinajstić information content (AvgIpc) is 2.32. The average molecular weight is 299 g/mol. The van der Waals surface area contributed by atoms with E-state index in [4.69, 9.17) is 0 Å². The van der Waals surface area contributed by atoms with Gasteiger partial charge in [0.25, 0.3) is 0 Å². The van der Waals surface area contributed by atoms with Crippen LogP contribution in [0.15, 0.2) is 16.7 Å². The van der Waals surface area contributed by atoms with E-state index in [1.165, 1.54) is 0 Å². The lowest BCUT2D eigenvalue weighted by atomic mass is 9.95. The van der Waals surface area contributed by atoms with Crippen LogP contribution < -0.4 is 4.90 Å². The molecule has 0 bridgehead atoms. The number of pyridine rings is 1. The van der Waals surface area contributed by atoms with Crippen LogP contribution in [-0.2, 0) is 0 Å². The summed E-state index contributed by atoms with van der Waals surface area (Å²) in [5, 5.41) is 10.1. The summed E-state index contributed by atoms with van der Waals surface area (Å²) in [4.78, 5) is 6.75. The third-order valence-corrected chi connectivity index (χ3v) is 3.79. The van der Waals surface area contributed by atoms with Crippen molar-refractivity contribution in [2.24, 2.45) is 0 Å². The Kier molecular flexibility index (Phi) is 4.05. The number of aliphatic hydroxyl groups is 1. The van der Waals surface area contributed by atoms with Gasteiger partial charge in [0.05, 0.1) is 17.5 Å². The van der Waals surface area contributed by atoms with E-state index in [1.807, 2.05) is 0 Å². The number of fused-ring (bicyclic) bond motifs is 1. The maximum Gasteiger partial charge on any atom is 0.1000 e. The lowest BCUT2D eigenvalue weighted by molar-refractivity contribution is 0.143. The molecular formula is C13H19BrN2O. The lowest BCUT2D eigenvalue weighted by Gasteiger charge is -2.40. The summed E-state index contributed by atoms with van der Waals surface area (Å²) < 4.78 is 0.973. The van der Waals surface area contributed by atoms with E-state index in [-0.39, 0.29) is 0 Å². The van der Waals surface area contributed by atoms with Crippen LogP contribution in [0.1, 0.15) is 44.9 Å². The van der Waals surface area contributed by atoms with Gasteiger partial charge < -0.3 is 10.0 Å². The Morgan fingerprint density at radius 3 is 2.94 bits per heavy atom. The molecule has 0 fully saturated rings. The molecule has 0 aromatic carbocycles. The molecule has 0 radical (unpaired) electrons. The molecule has 0 amide bonds. The molecule has 0 aliphatic carbocycles. The minimum Gasteiger partial charge on any atom is -0.387 e. The zero-order valence-electron chi connectivity index (χ0n) is 10.4. The first-order chi connectivity index (χ1) is 8.17. The zero-order valence-corrected chi connectivity index (χ0v) is 11.9. The van der Waals surface area contributed by atoms with Crippen LogP contribution >= 0.6 is 15.9 Å². The number of aromatic nitrogens is 1. The summed E-state index contributed by atoms with van der Waals surface area (Å²) >= 11 is 3.46. The van der Waals surface area contributed by atoms with Gasteiger partial charge in [-0.05, 0) is 41.3 Å². The summed E-state index contributed by atoms with van der Waals surface area (Å²) in [6.45, 7) is 5.38. The molecule has 3 nitrogen and oxygen atoms in total. The van der Waals surface area contributed by atoms with Crippen molar-refractivity contribution in [3.63, 3.8) is 0 Å². The quantitative estimate of drug-likeness (QED) is 0.930. The second kappa shape index (κ2) is 5.36. The van der Waals surface area contributed by atoms with E-state index in [9.17, 15) is 5.11 Å². The van der Waals surface area contributed by atoms with Gasteiger partial charge in [-0.1, -0.05) is 13.8 Å². The Balaban J connectivity index is 2.42. The first-order valence-corrected chi connectivity index (χ1v) is 7.06. The van der Waals surface area contributed by atoms with Gasteiger partial charge in [0, 0.05) is 23.3 Å². The highest BCUT2D eigenvalue weighted by molar-refractivity contribution is 9.10. The van der Waals surface area contributed by atoms with Gasteiger partial charge in [0.2, 0.25) is 0 Å². The normalized spacial score (nSPS) is 23.6. The van der Waals surface area contributed by atoms with Crippen molar-refractivity contribution in [1.29, 1.82) is 0 Å². The fraction of sp³-hybridized carbons (Fsp3) is 0.615. The molecule has 0 saturated carbocycles. The molecule has 2 heterocycles. The van der Waals surface area contributed by atoms with Crippen LogP contribution in [0.3, 0.4) is 0 Å². The molecule has 0 spiro atoms. The molecule has 1 N–H and O–H groups in total. The second-order valence-corrected chi connectivity index (χ2v) is 5.48. The molecule has 0 saturated heterocycles. The lowest BCUT2D eigenvalue weighted by Crippen LogP contribution is -2.41. The van der Waals surface area contributed by atoms with E-state index in [0.29, 0.717) is 6.04 Å². The van der Waals surface area contributed by atoms with E-state index in [0.717, 1.165) is 41.7 Å². The minimum absolute atomic E-state index is 0.420. The van der Waals surface area contributed by atoms with Crippen molar-refractivity contribution in [2.45, 2.75) is 45.3 Å². The van der Waals surface area contributed by atoms with Crippen molar-refractivity contribution in [3.8, 4) is 0 Å². The Morgan fingerprint density at radius 1 is 1.53 bits per heavy atom. The molecule has 17 heavy (non-hydrogen) atoms. The number of hydrogen-bond donors (Lipinski definition) is 1. The maximum absolute atomic E-state index is 10.1. The fourth-order valence-corrected chi connectivity index (χ4v) is 2.87. The highest BCUT2D eigenvalue weighted by Gasteiger charge is 2.31. The van der Waals surface area contributed by atoms with Crippen molar-refractivity contribution in [3.05, 3.63) is 22.4 Å². The molecule has 2 rings (SSSR count). The highest BCUT2D eigenvalue weighted by Crippen LogP contribution is 2.37. The molecule has 1 aliphatic rings. The summed E-state index contributed by atoms with van der Waals surface area (Å²) in [6, 6.07) is 2.50. The van der Waals surface area contributed by atoms with Crippen LogP contribution in [0.4, 0.5) is 5.69 Å². The van der Waals surface area contributed by atoms with Gasteiger partial charge in [-0.25, -0.2) is 0 Å². The highest BCUT2D eigenvalue weighted by atomic mass is 79.9. The van der Waals surface area contributed by atoms with Crippen LogP contribution in [0.5, 0.6) is 0 Å². The Hall–Kier alpha value is -0.610. The van der Waals surface area contributed by atoms with E-state index in [2.05, 4.69) is 45.7 Å². The third-order valence-electron chi connectivity index (χ3n) is 3.36. The number of rotatable bonds is 3. The van der Waals surface area contributed by atoms with E-state index < -0.39 is 6.10 Å². The zero-order chi connectivity index (χ0) is 12.4. The number of nitrogens with zero attached hydrogens (tertiary/aromatic N) is 2. The van der Waals surface area contributed by atoms with E-state index >= 15 is 0 Å². The molecule has 1 aromatic rings. The van der Waals surface area contributed by atoms with Gasteiger partial charge in [-0.3, -0.25) is 4.98 Å². The van der Waals surface area contributed by atoms with Gasteiger partial charge in [-0.15, -0.1) is 0 Å². The first kappa shape index (κ1) is 12.8. The molecule has 2 unspecified atom stereocenters. The summed E-state index contributed by atoms with van der Waals surface area (Å²) in [5.41, 5.74) is 1.91. The van der Waals surface area contributed by atoms with Crippen molar-refractivity contribution < 1.29 is 5.11 Å². The Bertz CT molecular complexity index is 397. The summed E-state index contributed by atoms with van der Waals surface area (Å²) in [6.07, 6.45) is 4.30. The second-order valence-electron chi connectivity index (χ2n) is 4.56. The minimum atomic E-state index is -0.420. The van der Waals surface area contributed by atoms with Gasteiger partial charge in [-0.2, -0.15) is 0 Å². The van der Waals surface area contributed by atoms with Gasteiger partial charge >= 0.3 is 0 Å². The molecular weight excluding hydrogens is 280 g/mol. The Morgan fingerprint density at radius 2 is 2.29 bits per heavy atom. The number of halogens is 1. The van der Waals surface area contributed by atoms with Crippen LogP contribution in [-0.4, -0.2) is 22.7 Å². The predicted octanol–water partition coefficient (Wildman–Crippen LogP) is 3.28. The van der Waals surface area contributed by atoms with Crippen LogP contribution in [0.25, 0.3) is 0 Å². The smallest absolute Gasteiger partial charge is 0.1000 e. The topological polar surface area (TPSA) is 36.4 Å². The molecule has 4 heteroatoms. The molecule has 1 aromatic heterocycles. The van der Waals surface area contributed by atoms with Crippen molar-refractivity contribution >= 4 is 21.6 Å². The Labute approximate surface area is 111 Å². The summed E-state index contributed by atoms with van der Waals surface area (Å²) in [5.74, 6) is 0. The standard InChI is InChI=1S/C13H19BrN2O/c1-3-5-16-10(4-2)7-12(17)13-11(16)6-9(14)8-15-13/h6,8,10,12,17H,3-5,7H2,1-2H3. The number of anilines is 1. The fourth-order valence-electron chi connectivity index (χ4n) is 2.55. The SMILES string of the molecule is CCCN1c2cc(Br)cnc2C(O)CC1CC. The monoisotopic (exact) mass is 298 g/mol. The summed E-state index contributed by atoms with van der Waals surface area (Å²) in [7, 11) is 0. The van der Waals surface area contributed by atoms with Gasteiger partial charge in [0.15, 0.2) is 0 Å². The first-order valence-electron chi connectivity index (χ1n) is 6.27. The third kappa shape index (κ3) is 2.47. The van der Waals surface area contributed by atoms with Crippen LogP contribution in [0.2, 0.25) is 0 Å². The van der Waals surface area contributed by atoms with Crippen LogP contribution in [0, 0.1) is 0 Å². The van der Waals surface area contributed by atoms with Gasteiger partial charge in [0.1, 0.15) is 0 Å².